The van der Waals surface area contributed by atoms with Gasteiger partial charge in [-0.3, -0.25) is 0 Å². The van der Waals surface area contributed by atoms with Gasteiger partial charge in [-0.15, -0.1) is 0 Å². The maximum absolute atomic E-state index is 2.55. The third kappa shape index (κ3) is 12.0. The summed E-state index contributed by atoms with van der Waals surface area (Å²) in [5.41, 5.74) is 1.74. The molecule has 0 spiro atoms. The summed E-state index contributed by atoms with van der Waals surface area (Å²) in [6.45, 7) is 6.87. The van der Waals surface area contributed by atoms with Crippen molar-refractivity contribution in [3.05, 3.63) is 11.6 Å². The zero-order chi connectivity index (χ0) is 12.8. The second-order valence-corrected chi connectivity index (χ2v) is 5.27. The molecule has 0 saturated carbocycles. The Labute approximate surface area is 110 Å². The number of hydrogen-bond acceptors (Lipinski definition) is 0. The predicted octanol–water partition coefficient (Wildman–Crippen LogP) is 6.65. The molecule has 0 atom stereocenters. The van der Waals surface area contributed by atoms with E-state index >= 15 is 0 Å². The Hall–Kier alpha value is -0.260. The Morgan fingerprint density at radius 3 is 1.88 bits per heavy atom. The van der Waals surface area contributed by atoms with Gasteiger partial charge in [-0.05, 0) is 32.1 Å². The lowest BCUT2D eigenvalue weighted by molar-refractivity contribution is 0.643. The van der Waals surface area contributed by atoms with Crippen LogP contribution in [0.1, 0.15) is 97.8 Å². The van der Waals surface area contributed by atoms with E-state index in [0.29, 0.717) is 0 Å². The third-order valence-electron chi connectivity index (χ3n) is 3.41. The summed E-state index contributed by atoms with van der Waals surface area (Å²) in [6, 6.07) is 0. The van der Waals surface area contributed by atoms with Crippen LogP contribution < -0.4 is 0 Å². The van der Waals surface area contributed by atoms with Gasteiger partial charge in [0.25, 0.3) is 0 Å². The van der Waals surface area contributed by atoms with Crippen LogP contribution in [0.15, 0.2) is 11.6 Å². The zero-order valence-corrected chi connectivity index (χ0v) is 12.6. The van der Waals surface area contributed by atoms with Crippen LogP contribution in [0.5, 0.6) is 0 Å². The van der Waals surface area contributed by atoms with Gasteiger partial charge in [0.15, 0.2) is 0 Å². The van der Waals surface area contributed by atoms with E-state index < -0.39 is 0 Å². The Morgan fingerprint density at radius 1 is 0.647 bits per heavy atom. The predicted molar refractivity (Wildman–Crippen MR) is 80.5 cm³/mol. The fourth-order valence-corrected chi connectivity index (χ4v) is 2.31. The number of allylic oxidation sites excluding steroid dienone is 2. The second kappa shape index (κ2) is 13.8. The molecule has 0 saturated heterocycles. The van der Waals surface area contributed by atoms with Crippen molar-refractivity contribution in [3.63, 3.8) is 0 Å². The first-order valence-electron chi connectivity index (χ1n) is 8.03. The Bertz CT molecular complexity index is 167. The number of rotatable bonds is 12. The van der Waals surface area contributed by atoms with E-state index in [1.807, 2.05) is 0 Å². The molecule has 0 aromatic rings. The summed E-state index contributed by atoms with van der Waals surface area (Å²) in [4.78, 5) is 0. The van der Waals surface area contributed by atoms with Gasteiger partial charge < -0.3 is 0 Å². The van der Waals surface area contributed by atoms with Crippen LogP contribution in [-0.4, -0.2) is 0 Å². The van der Waals surface area contributed by atoms with Crippen molar-refractivity contribution in [2.75, 3.05) is 0 Å². The summed E-state index contributed by atoms with van der Waals surface area (Å²) in [5, 5.41) is 0. The Morgan fingerprint density at radius 2 is 1.29 bits per heavy atom. The van der Waals surface area contributed by atoms with E-state index in [1.165, 1.54) is 77.0 Å². The summed E-state index contributed by atoms with van der Waals surface area (Å²) in [7, 11) is 0. The molecule has 0 aliphatic carbocycles. The van der Waals surface area contributed by atoms with E-state index in [2.05, 4.69) is 26.8 Å². The molecule has 0 aromatic heterocycles. The maximum atomic E-state index is 2.55. The molecule has 0 N–H and O–H groups in total. The molecule has 0 nitrogen and oxygen atoms in total. The molecule has 0 heteroatoms. The van der Waals surface area contributed by atoms with Crippen LogP contribution in [0, 0.1) is 0 Å². The summed E-state index contributed by atoms with van der Waals surface area (Å²) in [5.74, 6) is 0. The molecule has 0 fully saturated rings. The molecule has 0 aromatic carbocycles. The highest BCUT2D eigenvalue weighted by Gasteiger charge is 1.97. The third-order valence-corrected chi connectivity index (χ3v) is 3.41. The molecule has 0 rings (SSSR count). The highest BCUT2D eigenvalue weighted by atomic mass is 14.0. The topological polar surface area (TPSA) is 0 Å². The molecule has 0 heterocycles. The van der Waals surface area contributed by atoms with Gasteiger partial charge in [-0.2, -0.15) is 0 Å². The van der Waals surface area contributed by atoms with Crippen molar-refractivity contribution in [2.24, 2.45) is 0 Å². The molecule has 0 aliphatic rings. The first-order chi connectivity index (χ1) is 8.35. The molecule has 0 bridgehead atoms. The average molecular weight is 238 g/mol. The van der Waals surface area contributed by atoms with Crippen molar-refractivity contribution in [1.82, 2.24) is 0 Å². The SMILES string of the molecule is CCCCCCC=C(CCC)CCCCCC. The molecule has 17 heavy (non-hydrogen) atoms. The minimum absolute atomic E-state index is 1.31. The van der Waals surface area contributed by atoms with Crippen LogP contribution in [0.4, 0.5) is 0 Å². The number of unbranched alkanes of at least 4 members (excludes halogenated alkanes) is 7. The summed E-state index contributed by atoms with van der Waals surface area (Å²) in [6.07, 6.45) is 19.1. The molecule has 0 unspecified atom stereocenters. The van der Waals surface area contributed by atoms with Crippen molar-refractivity contribution in [2.45, 2.75) is 97.8 Å². The zero-order valence-electron chi connectivity index (χ0n) is 12.6. The minimum atomic E-state index is 1.31. The normalized spacial score (nSPS) is 12.1. The van der Waals surface area contributed by atoms with E-state index in [4.69, 9.17) is 0 Å². The first-order valence-corrected chi connectivity index (χ1v) is 8.03. The minimum Gasteiger partial charge on any atom is -0.0853 e. The smallest absolute Gasteiger partial charge is 0.0320 e. The van der Waals surface area contributed by atoms with Crippen LogP contribution >= 0.6 is 0 Å². The van der Waals surface area contributed by atoms with Crippen molar-refractivity contribution < 1.29 is 0 Å². The molecular weight excluding hydrogens is 204 g/mol. The van der Waals surface area contributed by atoms with E-state index in [-0.39, 0.29) is 0 Å². The van der Waals surface area contributed by atoms with Crippen molar-refractivity contribution in [3.8, 4) is 0 Å². The lowest BCUT2D eigenvalue weighted by Crippen LogP contribution is -1.86. The molecular formula is C17H34. The van der Waals surface area contributed by atoms with Gasteiger partial charge in [-0.25, -0.2) is 0 Å². The van der Waals surface area contributed by atoms with Crippen LogP contribution in [-0.2, 0) is 0 Å². The van der Waals surface area contributed by atoms with Gasteiger partial charge in [0.1, 0.15) is 0 Å². The quantitative estimate of drug-likeness (QED) is 0.263. The Balaban J connectivity index is 3.66. The van der Waals surface area contributed by atoms with Crippen LogP contribution in [0.2, 0.25) is 0 Å². The van der Waals surface area contributed by atoms with Crippen LogP contribution in [0.25, 0.3) is 0 Å². The van der Waals surface area contributed by atoms with Gasteiger partial charge in [0.2, 0.25) is 0 Å². The maximum Gasteiger partial charge on any atom is -0.0320 e. The average Bonchev–Trinajstić information content (AvgIpc) is 2.34. The first kappa shape index (κ1) is 16.7. The van der Waals surface area contributed by atoms with Crippen LogP contribution in [0.3, 0.4) is 0 Å². The summed E-state index contributed by atoms with van der Waals surface area (Å²) < 4.78 is 0. The lowest BCUT2D eigenvalue weighted by atomic mass is 10.0. The van der Waals surface area contributed by atoms with E-state index in [9.17, 15) is 0 Å². The molecule has 0 radical (unpaired) electrons. The highest BCUT2D eigenvalue weighted by Crippen LogP contribution is 2.17. The lowest BCUT2D eigenvalue weighted by Gasteiger charge is -2.06. The standard InChI is InChI=1S/C17H34/c1-4-7-9-11-13-16-17(14-6-3)15-12-10-8-5-2/h16H,4-15H2,1-3H3. The Kier molecular flexibility index (Phi) is 13.6. The van der Waals surface area contributed by atoms with Gasteiger partial charge in [0.05, 0.1) is 0 Å². The highest BCUT2D eigenvalue weighted by molar-refractivity contribution is 5.01. The van der Waals surface area contributed by atoms with Gasteiger partial charge in [-0.1, -0.05) is 77.4 Å². The van der Waals surface area contributed by atoms with Crippen molar-refractivity contribution in [1.29, 1.82) is 0 Å². The molecule has 0 aliphatic heterocycles. The fourth-order valence-electron chi connectivity index (χ4n) is 2.31. The number of hydrogen-bond donors (Lipinski definition) is 0. The van der Waals surface area contributed by atoms with Crippen molar-refractivity contribution >= 4 is 0 Å². The molecule has 102 valence electrons. The fraction of sp³-hybridized carbons (Fsp3) is 0.882. The largest absolute Gasteiger partial charge is 0.0853 e. The summed E-state index contributed by atoms with van der Waals surface area (Å²) >= 11 is 0. The van der Waals surface area contributed by atoms with Gasteiger partial charge >= 0.3 is 0 Å². The molecule has 0 amide bonds. The monoisotopic (exact) mass is 238 g/mol. The van der Waals surface area contributed by atoms with E-state index in [1.54, 1.807) is 5.57 Å². The van der Waals surface area contributed by atoms with E-state index in [0.717, 1.165) is 0 Å². The van der Waals surface area contributed by atoms with Gasteiger partial charge in [0, 0.05) is 0 Å². The second-order valence-electron chi connectivity index (χ2n) is 5.27.